The number of esters is 3. The highest BCUT2D eigenvalue weighted by Gasteiger charge is 2.80. The first-order chi connectivity index (χ1) is 19.1. The molecule has 0 amide bonds. The number of carbonyl (C=O) groups is 3. The molecular formula is C31H42O10. The van der Waals surface area contributed by atoms with Gasteiger partial charge in [0.2, 0.25) is 0 Å². The summed E-state index contributed by atoms with van der Waals surface area (Å²) in [5.74, 6) is -2.29. The van der Waals surface area contributed by atoms with Crippen molar-refractivity contribution in [3.63, 3.8) is 0 Å². The molecule has 3 aliphatic carbocycles. The van der Waals surface area contributed by atoms with Crippen molar-refractivity contribution in [2.24, 2.45) is 29.1 Å². The third-order valence-electron chi connectivity index (χ3n) is 12.5. The lowest BCUT2D eigenvalue weighted by molar-refractivity contribution is -0.269. The minimum atomic E-state index is -1.43. The van der Waals surface area contributed by atoms with Crippen molar-refractivity contribution >= 4 is 17.9 Å². The summed E-state index contributed by atoms with van der Waals surface area (Å²) < 4.78 is 31.3. The van der Waals surface area contributed by atoms with Gasteiger partial charge < -0.3 is 33.9 Å². The molecule has 13 atom stereocenters. The average Bonchev–Trinajstić information content (AvgIpc) is 3.52. The minimum absolute atomic E-state index is 0.0268. The molecule has 41 heavy (non-hydrogen) atoms. The van der Waals surface area contributed by atoms with Crippen LogP contribution in [0, 0.1) is 29.1 Å². The topological polar surface area (TPSA) is 138 Å². The summed E-state index contributed by atoms with van der Waals surface area (Å²) in [5, 5.41) is 24.7. The zero-order valence-electron chi connectivity index (χ0n) is 24.7. The van der Waals surface area contributed by atoms with Crippen molar-refractivity contribution < 1.29 is 48.3 Å². The number of rotatable bonds is 2. The summed E-state index contributed by atoms with van der Waals surface area (Å²) in [7, 11) is 0. The van der Waals surface area contributed by atoms with E-state index in [1.54, 1.807) is 6.92 Å². The summed E-state index contributed by atoms with van der Waals surface area (Å²) >= 11 is 0. The van der Waals surface area contributed by atoms with Crippen molar-refractivity contribution in [3.05, 3.63) is 11.6 Å². The fourth-order valence-corrected chi connectivity index (χ4v) is 11.0. The Balaban J connectivity index is 1.35. The van der Waals surface area contributed by atoms with Gasteiger partial charge in [-0.1, -0.05) is 13.8 Å². The molecule has 0 bridgehead atoms. The molecule has 4 aliphatic heterocycles. The molecule has 3 saturated carbocycles. The molecule has 7 aliphatic rings. The Kier molecular flexibility index (Phi) is 5.65. The first kappa shape index (κ1) is 27.8. The van der Waals surface area contributed by atoms with Crippen molar-refractivity contribution in [3.8, 4) is 0 Å². The molecule has 3 saturated heterocycles. The maximum atomic E-state index is 12.8. The van der Waals surface area contributed by atoms with E-state index in [2.05, 4.69) is 6.92 Å². The Morgan fingerprint density at radius 3 is 2.51 bits per heavy atom. The highest BCUT2D eigenvalue weighted by atomic mass is 16.6. The van der Waals surface area contributed by atoms with E-state index in [0.717, 1.165) is 0 Å². The molecule has 4 heterocycles. The minimum Gasteiger partial charge on any atom is -0.462 e. The standard InChI is InChI=1S/C31H42O10/c1-14-9-18(38-26(14)35)24-15(2)17-10-21(33)28(6)25-19(37-16(3)32)11-20-27(4,5)39-22-12-23(34)40-30(20,22)13-29(25,36)7-8-31(17,28)41-24/h9,15,17-22,24-25,33,36H,7-8,10-13H2,1-6H3. The second-order valence-corrected chi connectivity index (χ2v) is 14.7. The van der Waals surface area contributed by atoms with E-state index in [4.69, 9.17) is 23.7 Å². The molecule has 0 radical (unpaired) electrons. The second kappa shape index (κ2) is 8.33. The van der Waals surface area contributed by atoms with Crippen LogP contribution >= 0.6 is 0 Å². The Morgan fingerprint density at radius 1 is 1.12 bits per heavy atom. The van der Waals surface area contributed by atoms with Crippen molar-refractivity contribution in [1.82, 2.24) is 0 Å². The van der Waals surface area contributed by atoms with Gasteiger partial charge >= 0.3 is 17.9 Å². The lowest BCUT2D eigenvalue weighted by Gasteiger charge is -2.60. The van der Waals surface area contributed by atoms with Crippen LogP contribution < -0.4 is 0 Å². The van der Waals surface area contributed by atoms with Gasteiger partial charge in [0, 0.05) is 36.2 Å². The van der Waals surface area contributed by atoms with Gasteiger partial charge in [-0.05, 0) is 64.4 Å². The van der Waals surface area contributed by atoms with E-state index in [-0.39, 0.29) is 42.5 Å². The largest absolute Gasteiger partial charge is 0.462 e. The number of hydrogen-bond acceptors (Lipinski definition) is 10. The molecule has 10 heteroatoms. The van der Waals surface area contributed by atoms with Crippen LogP contribution in [0.3, 0.4) is 0 Å². The fraction of sp³-hybridized carbons (Fsp3) is 0.839. The van der Waals surface area contributed by atoms with E-state index < -0.39 is 70.2 Å². The number of aliphatic hydroxyl groups excluding tert-OH is 1. The van der Waals surface area contributed by atoms with E-state index in [1.807, 2.05) is 26.8 Å². The maximum Gasteiger partial charge on any atom is 0.334 e. The number of ether oxygens (including phenoxy) is 5. The van der Waals surface area contributed by atoms with E-state index in [1.165, 1.54) is 6.92 Å². The van der Waals surface area contributed by atoms with E-state index >= 15 is 0 Å². The first-order valence-corrected chi connectivity index (χ1v) is 15.1. The summed E-state index contributed by atoms with van der Waals surface area (Å²) in [6.07, 6.45) is 0.556. The fourth-order valence-electron chi connectivity index (χ4n) is 11.0. The quantitative estimate of drug-likeness (QED) is 0.373. The van der Waals surface area contributed by atoms with Gasteiger partial charge in [0.1, 0.15) is 30.0 Å². The number of aliphatic hydroxyl groups is 2. The van der Waals surface area contributed by atoms with E-state index in [9.17, 15) is 24.6 Å². The van der Waals surface area contributed by atoms with Crippen LogP contribution in [-0.2, 0) is 38.1 Å². The Hall–Kier alpha value is -2.01. The van der Waals surface area contributed by atoms with Gasteiger partial charge in [-0.3, -0.25) is 9.59 Å². The molecule has 7 rings (SSSR count). The second-order valence-electron chi connectivity index (χ2n) is 14.7. The number of cyclic esters (lactones) is 1. The van der Waals surface area contributed by atoms with Crippen LogP contribution in [0.2, 0.25) is 0 Å². The van der Waals surface area contributed by atoms with Gasteiger partial charge in [0.15, 0.2) is 0 Å². The molecule has 2 N–H and O–H groups in total. The summed E-state index contributed by atoms with van der Waals surface area (Å²) in [5.41, 5.74) is -4.47. The third-order valence-corrected chi connectivity index (χ3v) is 12.5. The van der Waals surface area contributed by atoms with Crippen molar-refractivity contribution in [1.29, 1.82) is 0 Å². The zero-order chi connectivity index (χ0) is 29.5. The predicted octanol–water partition coefficient (Wildman–Crippen LogP) is 2.36. The molecular weight excluding hydrogens is 532 g/mol. The lowest BCUT2D eigenvalue weighted by atomic mass is 9.50. The van der Waals surface area contributed by atoms with Gasteiger partial charge in [0.05, 0.1) is 29.3 Å². The smallest absolute Gasteiger partial charge is 0.334 e. The summed E-state index contributed by atoms with van der Waals surface area (Å²) in [6.45, 7) is 11.1. The normalized spacial score (nSPS) is 54.6. The van der Waals surface area contributed by atoms with Crippen molar-refractivity contribution in [2.45, 2.75) is 133 Å². The van der Waals surface area contributed by atoms with Gasteiger partial charge in [-0.15, -0.1) is 0 Å². The van der Waals surface area contributed by atoms with Gasteiger partial charge in [-0.25, -0.2) is 4.79 Å². The van der Waals surface area contributed by atoms with E-state index in [0.29, 0.717) is 31.3 Å². The van der Waals surface area contributed by atoms with Crippen LogP contribution in [0.25, 0.3) is 0 Å². The van der Waals surface area contributed by atoms with Crippen LogP contribution in [0.1, 0.15) is 80.1 Å². The maximum absolute atomic E-state index is 12.8. The Morgan fingerprint density at radius 2 is 1.85 bits per heavy atom. The lowest BCUT2D eigenvalue weighted by Crippen LogP contribution is -2.68. The molecule has 0 aromatic heterocycles. The SMILES string of the molecule is CC(=O)OC1CC2C(C)(C)OC3CC(=O)OC32CC2(O)CCC34OC(C5C=C(C)C(=O)O5)C(C)C3CC(O)C4(C)C12. The number of fused-ring (bicyclic) bond motifs is 2. The summed E-state index contributed by atoms with van der Waals surface area (Å²) in [4.78, 5) is 37.5. The Labute approximate surface area is 240 Å². The van der Waals surface area contributed by atoms with Crippen molar-refractivity contribution in [2.75, 3.05) is 0 Å². The van der Waals surface area contributed by atoms with Crippen LogP contribution in [-0.4, -0.2) is 81.0 Å². The first-order valence-electron chi connectivity index (χ1n) is 15.1. The van der Waals surface area contributed by atoms with Gasteiger partial charge in [0.25, 0.3) is 0 Å². The molecule has 226 valence electrons. The molecule has 13 unspecified atom stereocenters. The van der Waals surface area contributed by atoms with Gasteiger partial charge in [-0.2, -0.15) is 0 Å². The van der Waals surface area contributed by atoms with Crippen LogP contribution in [0.4, 0.5) is 0 Å². The number of carbonyl (C=O) groups excluding carboxylic acids is 3. The van der Waals surface area contributed by atoms with Crippen LogP contribution in [0.5, 0.6) is 0 Å². The molecule has 0 aromatic carbocycles. The average molecular weight is 575 g/mol. The molecule has 2 spiro atoms. The Bertz CT molecular complexity index is 1240. The van der Waals surface area contributed by atoms with Crippen LogP contribution in [0.15, 0.2) is 11.6 Å². The zero-order valence-corrected chi connectivity index (χ0v) is 24.7. The molecule has 10 nitrogen and oxygen atoms in total. The summed E-state index contributed by atoms with van der Waals surface area (Å²) in [6, 6.07) is 0. The highest BCUT2D eigenvalue weighted by molar-refractivity contribution is 5.90. The highest BCUT2D eigenvalue weighted by Crippen LogP contribution is 2.73. The number of hydrogen-bond donors (Lipinski definition) is 2. The molecule has 0 aromatic rings. The molecule has 6 fully saturated rings. The predicted molar refractivity (Wildman–Crippen MR) is 141 cm³/mol. The monoisotopic (exact) mass is 574 g/mol. The third kappa shape index (κ3) is 3.36.